The lowest BCUT2D eigenvalue weighted by Gasteiger charge is -2.14. The zero-order valence-electron chi connectivity index (χ0n) is 14.8. The molecule has 0 saturated carbocycles. The van der Waals surface area contributed by atoms with Crippen LogP contribution in [0.1, 0.15) is 47.3 Å². The molecule has 3 aromatic rings. The van der Waals surface area contributed by atoms with E-state index in [0.717, 1.165) is 11.2 Å². The third-order valence-electron chi connectivity index (χ3n) is 4.16. The van der Waals surface area contributed by atoms with Gasteiger partial charge in [0.2, 0.25) is 0 Å². The standard InChI is InChI=1S/C19H22N4O.2ClH/c1-13(2)14-3-5-15(6-4-14)17(20)11-22-19(24)16-7-8-18-21-9-10-23(18)12-16;;/h3-10,12-13,17H,11,20H2,1-2H3,(H,22,24);2*1H. The van der Waals surface area contributed by atoms with Crippen molar-refractivity contribution >= 4 is 36.4 Å². The molecule has 140 valence electrons. The van der Waals surface area contributed by atoms with Gasteiger partial charge >= 0.3 is 0 Å². The molecule has 0 saturated heterocycles. The summed E-state index contributed by atoms with van der Waals surface area (Å²) in [6.45, 7) is 4.71. The number of nitrogens with zero attached hydrogens (tertiary/aromatic N) is 2. The highest BCUT2D eigenvalue weighted by molar-refractivity contribution is 5.94. The second kappa shape index (κ2) is 9.57. The van der Waals surface area contributed by atoms with Crippen LogP contribution in [0.3, 0.4) is 0 Å². The maximum Gasteiger partial charge on any atom is 0.252 e. The Morgan fingerprint density at radius 2 is 1.77 bits per heavy atom. The summed E-state index contributed by atoms with van der Waals surface area (Å²) in [5, 5.41) is 2.89. The van der Waals surface area contributed by atoms with Gasteiger partial charge < -0.3 is 15.5 Å². The Morgan fingerprint density at radius 3 is 2.42 bits per heavy atom. The topological polar surface area (TPSA) is 72.4 Å². The van der Waals surface area contributed by atoms with E-state index in [-0.39, 0.29) is 36.8 Å². The van der Waals surface area contributed by atoms with E-state index in [4.69, 9.17) is 5.73 Å². The van der Waals surface area contributed by atoms with E-state index in [9.17, 15) is 4.79 Å². The average molecular weight is 395 g/mol. The molecule has 1 unspecified atom stereocenters. The third kappa shape index (κ3) is 4.97. The second-order valence-electron chi connectivity index (χ2n) is 6.25. The highest BCUT2D eigenvalue weighted by Crippen LogP contribution is 2.17. The number of amides is 1. The molecule has 0 aliphatic rings. The molecule has 0 spiro atoms. The lowest BCUT2D eigenvalue weighted by molar-refractivity contribution is 0.0951. The molecular formula is C19H24Cl2N4O. The first-order chi connectivity index (χ1) is 11.5. The smallest absolute Gasteiger partial charge is 0.252 e. The van der Waals surface area contributed by atoms with Gasteiger partial charge in [-0.25, -0.2) is 4.98 Å². The van der Waals surface area contributed by atoms with E-state index >= 15 is 0 Å². The Balaban J connectivity index is 0.00000169. The minimum atomic E-state index is -0.230. The number of nitrogens with two attached hydrogens (primary N) is 1. The van der Waals surface area contributed by atoms with Crippen LogP contribution in [0.25, 0.3) is 5.65 Å². The minimum Gasteiger partial charge on any atom is -0.350 e. The molecule has 0 radical (unpaired) electrons. The summed E-state index contributed by atoms with van der Waals surface area (Å²) in [5.74, 6) is 0.355. The van der Waals surface area contributed by atoms with Crippen LogP contribution in [0.4, 0.5) is 0 Å². The van der Waals surface area contributed by atoms with Gasteiger partial charge in [-0.1, -0.05) is 38.1 Å². The molecule has 1 amide bonds. The quantitative estimate of drug-likeness (QED) is 0.692. The molecule has 5 nitrogen and oxygen atoms in total. The van der Waals surface area contributed by atoms with Crippen molar-refractivity contribution in [3.05, 3.63) is 71.7 Å². The Hall–Kier alpha value is -2.08. The van der Waals surface area contributed by atoms with Crippen molar-refractivity contribution in [3.63, 3.8) is 0 Å². The summed E-state index contributed by atoms with van der Waals surface area (Å²) < 4.78 is 1.82. The van der Waals surface area contributed by atoms with E-state index < -0.39 is 0 Å². The lowest BCUT2D eigenvalue weighted by Crippen LogP contribution is -2.32. The van der Waals surface area contributed by atoms with E-state index in [2.05, 4.69) is 36.3 Å². The molecule has 0 bridgehead atoms. The number of pyridine rings is 1. The fraction of sp³-hybridized carbons (Fsp3) is 0.263. The molecule has 26 heavy (non-hydrogen) atoms. The second-order valence-corrected chi connectivity index (χ2v) is 6.25. The van der Waals surface area contributed by atoms with Crippen LogP contribution in [0.5, 0.6) is 0 Å². The van der Waals surface area contributed by atoms with Crippen LogP contribution in [-0.4, -0.2) is 21.8 Å². The Morgan fingerprint density at radius 1 is 1.12 bits per heavy atom. The summed E-state index contributed by atoms with van der Waals surface area (Å²) >= 11 is 0. The first-order valence-corrected chi connectivity index (χ1v) is 8.11. The van der Waals surface area contributed by atoms with Gasteiger partial charge in [0, 0.05) is 31.2 Å². The van der Waals surface area contributed by atoms with Crippen molar-refractivity contribution in [1.29, 1.82) is 0 Å². The van der Waals surface area contributed by atoms with Gasteiger partial charge in [-0.15, -0.1) is 24.8 Å². The Bertz CT molecular complexity index is 846. The van der Waals surface area contributed by atoms with Crippen LogP contribution < -0.4 is 11.1 Å². The van der Waals surface area contributed by atoms with E-state index in [1.807, 2.05) is 28.8 Å². The van der Waals surface area contributed by atoms with Crippen molar-refractivity contribution in [2.75, 3.05) is 6.54 Å². The number of carbonyl (C=O) groups is 1. The summed E-state index contributed by atoms with van der Waals surface area (Å²) in [7, 11) is 0. The molecule has 1 aromatic carbocycles. The average Bonchev–Trinajstić information content (AvgIpc) is 3.07. The first kappa shape index (κ1) is 22.0. The highest BCUT2D eigenvalue weighted by Gasteiger charge is 2.11. The molecule has 2 aromatic heterocycles. The van der Waals surface area contributed by atoms with Gasteiger partial charge in [0.05, 0.1) is 5.56 Å². The molecule has 0 fully saturated rings. The fourth-order valence-corrected chi connectivity index (χ4v) is 2.61. The van der Waals surface area contributed by atoms with Crippen molar-refractivity contribution in [3.8, 4) is 0 Å². The maximum absolute atomic E-state index is 12.3. The van der Waals surface area contributed by atoms with Gasteiger partial charge in [0.1, 0.15) is 5.65 Å². The largest absolute Gasteiger partial charge is 0.350 e. The normalized spacial score (nSPS) is 11.5. The number of fused-ring (bicyclic) bond motifs is 1. The van der Waals surface area contributed by atoms with Gasteiger partial charge in [0.25, 0.3) is 5.91 Å². The summed E-state index contributed by atoms with van der Waals surface area (Å²) in [5.41, 5.74) is 9.89. The van der Waals surface area contributed by atoms with Gasteiger partial charge in [-0.2, -0.15) is 0 Å². The molecule has 3 rings (SSSR count). The number of halogens is 2. The number of aromatic nitrogens is 2. The maximum atomic E-state index is 12.3. The van der Waals surface area contributed by atoms with Crippen LogP contribution in [0.2, 0.25) is 0 Å². The number of imidazole rings is 1. The Labute approximate surface area is 165 Å². The van der Waals surface area contributed by atoms with Crippen LogP contribution >= 0.6 is 24.8 Å². The zero-order chi connectivity index (χ0) is 17.1. The van der Waals surface area contributed by atoms with E-state index in [1.54, 1.807) is 18.5 Å². The van der Waals surface area contributed by atoms with Crippen LogP contribution in [0, 0.1) is 0 Å². The van der Waals surface area contributed by atoms with Crippen molar-refractivity contribution in [2.24, 2.45) is 5.73 Å². The van der Waals surface area contributed by atoms with Gasteiger partial charge in [-0.05, 0) is 29.2 Å². The predicted octanol–water partition coefficient (Wildman–Crippen LogP) is 3.73. The summed E-state index contributed by atoms with van der Waals surface area (Å²) in [6, 6.07) is 11.6. The molecule has 1 atom stereocenters. The number of benzene rings is 1. The third-order valence-corrected chi connectivity index (χ3v) is 4.16. The number of hydrogen-bond acceptors (Lipinski definition) is 3. The van der Waals surface area contributed by atoms with Gasteiger partial charge in [-0.3, -0.25) is 4.79 Å². The van der Waals surface area contributed by atoms with E-state index in [0.29, 0.717) is 18.0 Å². The minimum absolute atomic E-state index is 0. The SMILES string of the molecule is CC(C)c1ccc(C(N)CNC(=O)c2ccc3nccn3c2)cc1.Cl.Cl. The Kier molecular flexibility index (Phi) is 8.08. The van der Waals surface area contributed by atoms with Crippen LogP contribution in [0.15, 0.2) is 55.0 Å². The number of carbonyl (C=O) groups excluding carboxylic acids is 1. The molecule has 2 heterocycles. The summed E-state index contributed by atoms with van der Waals surface area (Å²) in [4.78, 5) is 16.5. The van der Waals surface area contributed by atoms with E-state index in [1.165, 1.54) is 5.56 Å². The van der Waals surface area contributed by atoms with Crippen molar-refractivity contribution in [2.45, 2.75) is 25.8 Å². The number of rotatable bonds is 5. The lowest BCUT2D eigenvalue weighted by atomic mass is 9.99. The monoisotopic (exact) mass is 394 g/mol. The predicted molar refractivity (Wildman–Crippen MR) is 109 cm³/mol. The zero-order valence-corrected chi connectivity index (χ0v) is 16.4. The molecule has 7 heteroatoms. The molecule has 0 aliphatic heterocycles. The van der Waals surface area contributed by atoms with Gasteiger partial charge in [0.15, 0.2) is 0 Å². The first-order valence-electron chi connectivity index (χ1n) is 8.11. The van der Waals surface area contributed by atoms with Crippen molar-refractivity contribution in [1.82, 2.24) is 14.7 Å². The van der Waals surface area contributed by atoms with Crippen molar-refractivity contribution < 1.29 is 4.79 Å². The fourth-order valence-electron chi connectivity index (χ4n) is 2.61. The summed E-state index contributed by atoms with van der Waals surface area (Å²) in [6.07, 6.45) is 5.28. The number of hydrogen-bond donors (Lipinski definition) is 2. The highest BCUT2D eigenvalue weighted by atomic mass is 35.5. The molecule has 3 N–H and O–H groups in total. The number of nitrogens with one attached hydrogen (secondary N) is 1. The molecule has 0 aliphatic carbocycles. The molecular weight excluding hydrogens is 371 g/mol. The van der Waals surface area contributed by atoms with Crippen LogP contribution in [-0.2, 0) is 0 Å².